The van der Waals surface area contributed by atoms with Gasteiger partial charge in [0.15, 0.2) is 5.65 Å². The molecule has 32 heavy (non-hydrogen) atoms. The Balaban J connectivity index is 1.23. The molecule has 1 aliphatic heterocycles. The molecule has 4 heterocycles. The van der Waals surface area contributed by atoms with Gasteiger partial charge in [-0.25, -0.2) is 28.4 Å². The maximum Gasteiger partial charge on any atom is 0.433 e. The van der Waals surface area contributed by atoms with Crippen LogP contribution in [0.15, 0.2) is 30.6 Å². The van der Waals surface area contributed by atoms with E-state index in [0.29, 0.717) is 47.7 Å². The molecule has 0 bridgehead atoms. The first kappa shape index (κ1) is 20.8. The van der Waals surface area contributed by atoms with Crippen molar-refractivity contribution in [3.63, 3.8) is 0 Å². The fourth-order valence-electron chi connectivity index (χ4n) is 4.75. The summed E-state index contributed by atoms with van der Waals surface area (Å²) in [4.78, 5) is 14.4. The molecule has 0 spiro atoms. The Morgan fingerprint density at radius 1 is 1.06 bits per heavy atom. The molecular weight excluding hydrogens is 433 g/mol. The van der Waals surface area contributed by atoms with Gasteiger partial charge in [0.2, 0.25) is 0 Å². The van der Waals surface area contributed by atoms with Crippen molar-refractivity contribution in [2.24, 2.45) is 11.8 Å². The molecule has 2 aliphatic rings. The zero-order valence-corrected chi connectivity index (χ0v) is 16.8. The smallest absolute Gasteiger partial charge is 0.366 e. The summed E-state index contributed by atoms with van der Waals surface area (Å²) in [5.74, 6) is 1.49. The normalized spacial score (nSPS) is 23.3. The molecule has 170 valence electrons. The molecular formula is C20H20F5N7. The summed E-state index contributed by atoms with van der Waals surface area (Å²) < 4.78 is 65.5. The van der Waals surface area contributed by atoms with Crippen LogP contribution in [0.2, 0.25) is 0 Å². The second-order valence-electron chi connectivity index (χ2n) is 8.30. The third-order valence-corrected chi connectivity index (χ3v) is 6.11. The first-order valence-electron chi connectivity index (χ1n) is 10.3. The highest BCUT2D eigenvalue weighted by molar-refractivity contribution is 5.71. The summed E-state index contributed by atoms with van der Waals surface area (Å²) in [5.41, 5.74) is -0.134. The summed E-state index contributed by atoms with van der Waals surface area (Å²) in [6.07, 6.45) is -2.38. The molecule has 0 unspecified atom stereocenters. The molecule has 3 aromatic heterocycles. The third-order valence-electron chi connectivity index (χ3n) is 6.11. The molecule has 0 aromatic carbocycles. The minimum atomic E-state index is -4.46. The van der Waals surface area contributed by atoms with Crippen LogP contribution in [-0.4, -0.2) is 50.3 Å². The zero-order valence-electron chi connectivity index (χ0n) is 16.8. The summed E-state index contributed by atoms with van der Waals surface area (Å²) in [7, 11) is 0. The summed E-state index contributed by atoms with van der Waals surface area (Å²) in [6, 6.07) is 4.10. The average molecular weight is 453 g/mol. The largest absolute Gasteiger partial charge is 0.433 e. The van der Waals surface area contributed by atoms with Gasteiger partial charge >= 0.3 is 6.18 Å². The van der Waals surface area contributed by atoms with Crippen LogP contribution in [-0.2, 0) is 12.7 Å². The van der Waals surface area contributed by atoms with E-state index in [1.807, 2.05) is 4.90 Å². The van der Waals surface area contributed by atoms with Gasteiger partial charge in [-0.05, 0) is 36.8 Å². The van der Waals surface area contributed by atoms with E-state index in [0.717, 1.165) is 23.6 Å². The Morgan fingerprint density at radius 3 is 2.50 bits per heavy atom. The van der Waals surface area contributed by atoms with E-state index >= 15 is 0 Å². The maximum atomic E-state index is 13.0. The van der Waals surface area contributed by atoms with Crippen LogP contribution >= 0.6 is 0 Å². The summed E-state index contributed by atoms with van der Waals surface area (Å²) in [6.45, 7) is 0.737. The van der Waals surface area contributed by atoms with Gasteiger partial charge in [-0.1, -0.05) is 6.07 Å². The third kappa shape index (κ3) is 4.05. The number of pyridine rings is 1. The quantitative estimate of drug-likeness (QED) is 0.592. The van der Waals surface area contributed by atoms with Crippen molar-refractivity contribution >= 4 is 22.8 Å². The Bertz CT molecular complexity index is 1100. The monoisotopic (exact) mass is 453 g/mol. The Hall–Kier alpha value is -3.05. The second kappa shape index (κ2) is 7.82. The SMILES string of the molecule is FC(F)Cn1ncc2ncc(N[C@H]3C[C@@H]4CN(c5cccc(C(F)(F)F)n5)C[C@@H]4C3)nc21. The van der Waals surface area contributed by atoms with Crippen LogP contribution in [0.25, 0.3) is 11.2 Å². The van der Waals surface area contributed by atoms with Crippen molar-refractivity contribution in [1.29, 1.82) is 0 Å². The molecule has 3 aromatic rings. The minimum absolute atomic E-state index is 0.125. The fraction of sp³-hybridized carbons (Fsp3) is 0.500. The lowest BCUT2D eigenvalue weighted by molar-refractivity contribution is -0.141. The predicted octanol–water partition coefficient (Wildman–Crippen LogP) is 3.83. The van der Waals surface area contributed by atoms with Gasteiger partial charge in [-0.3, -0.25) is 0 Å². The van der Waals surface area contributed by atoms with E-state index in [1.165, 1.54) is 12.3 Å². The number of hydrogen-bond acceptors (Lipinski definition) is 6. The number of anilines is 2. The van der Waals surface area contributed by atoms with Gasteiger partial charge in [0.05, 0.1) is 12.4 Å². The number of halogens is 5. The number of nitrogens with zero attached hydrogens (tertiary/aromatic N) is 6. The number of aromatic nitrogens is 5. The van der Waals surface area contributed by atoms with Crippen LogP contribution in [0.3, 0.4) is 0 Å². The summed E-state index contributed by atoms with van der Waals surface area (Å²) in [5, 5.41) is 7.25. The molecule has 1 saturated heterocycles. The lowest BCUT2D eigenvalue weighted by atomic mass is 10.0. The zero-order chi connectivity index (χ0) is 22.5. The molecule has 1 aliphatic carbocycles. The van der Waals surface area contributed by atoms with Crippen LogP contribution in [0, 0.1) is 11.8 Å². The lowest BCUT2D eigenvalue weighted by Gasteiger charge is -2.21. The van der Waals surface area contributed by atoms with Crippen LogP contribution in [0.1, 0.15) is 18.5 Å². The van der Waals surface area contributed by atoms with Crippen molar-refractivity contribution in [3.8, 4) is 0 Å². The number of hydrogen-bond donors (Lipinski definition) is 1. The van der Waals surface area contributed by atoms with E-state index < -0.39 is 24.8 Å². The molecule has 1 saturated carbocycles. The number of nitrogens with one attached hydrogen (secondary N) is 1. The average Bonchev–Trinajstić information content (AvgIpc) is 3.41. The van der Waals surface area contributed by atoms with Gasteiger partial charge in [0, 0.05) is 19.1 Å². The highest BCUT2D eigenvalue weighted by Gasteiger charge is 2.42. The number of fused-ring (bicyclic) bond motifs is 2. The molecule has 0 amide bonds. The van der Waals surface area contributed by atoms with Gasteiger partial charge in [0.1, 0.15) is 29.4 Å². The molecule has 12 heteroatoms. The minimum Gasteiger partial charge on any atom is -0.366 e. The van der Waals surface area contributed by atoms with E-state index in [1.54, 1.807) is 12.3 Å². The fourth-order valence-corrected chi connectivity index (χ4v) is 4.75. The molecule has 2 fully saturated rings. The van der Waals surface area contributed by atoms with E-state index in [2.05, 4.69) is 25.4 Å². The predicted molar refractivity (Wildman–Crippen MR) is 106 cm³/mol. The number of alkyl halides is 5. The van der Waals surface area contributed by atoms with Crippen molar-refractivity contribution in [3.05, 3.63) is 36.3 Å². The van der Waals surface area contributed by atoms with Crippen molar-refractivity contribution in [1.82, 2.24) is 24.7 Å². The molecule has 1 N–H and O–H groups in total. The van der Waals surface area contributed by atoms with Crippen LogP contribution < -0.4 is 10.2 Å². The summed E-state index contributed by atoms with van der Waals surface area (Å²) >= 11 is 0. The van der Waals surface area contributed by atoms with E-state index in [9.17, 15) is 22.0 Å². The van der Waals surface area contributed by atoms with Crippen LogP contribution in [0.4, 0.5) is 33.6 Å². The Morgan fingerprint density at radius 2 is 1.81 bits per heavy atom. The highest BCUT2D eigenvalue weighted by Crippen LogP contribution is 2.41. The van der Waals surface area contributed by atoms with Crippen molar-refractivity contribution in [2.75, 3.05) is 23.3 Å². The standard InChI is InChI=1S/C20H20F5N7/c21-16(22)10-32-19-14(6-27-32)26-7-17(30-19)28-13-4-11-8-31(9-12(11)5-13)18-3-1-2-15(29-18)20(23,24)25/h1-3,6-7,11-13,16H,4-5,8-10H2,(H,28,30)/t11-,12+,13+. The Kier molecular flexibility index (Phi) is 5.09. The van der Waals surface area contributed by atoms with E-state index in [-0.39, 0.29) is 6.04 Å². The van der Waals surface area contributed by atoms with Gasteiger partial charge in [-0.2, -0.15) is 18.3 Å². The highest BCUT2D eigenvalue weighted by atomic mass is 19.4. The van der Waals surface area contributed by atoms with Gasteiger partial charge in [0.25, 0.3) is 6.43 Å². The topological polar surface area (TPSA) is 71.8 Å². The second-order valence-corrected chi connectivity index (χ2v) is 8.30. The first-order chi connectivity index (χ1) is 15.3. The molecule has 5 rings (SSSR count). The molecule has 7 nitrogen and oxygen atoms in total. The van der Waals surface area contributed by atoms with Crippen LogP contribution in [0.5, 0.6) is 0 Å². The van der Waals surface area contributed by atoms with Gasteiger partial charge < -0.3 is 10.2 Å². The maximum absolute atomic E-state index is 13.0. The molecule has 3 atom stereocenters. The van der Waals surface area contributed by atoms with Crippen molar-refractivity contribution in [2.45, 2.75) is 38.0 Å². The first-order valence-corrected chi connectivity index (χ1v) is 10.3. The Labute approximate surface area is 179 Å². The lowest BCUT2D eigenvalue weighted by Crippen LogP contribution is -2.26. The number of rotatable bonds is 5. The van der Waals surface area contributed by atoms with Crippen molar-refractivity contribution < 1.29 is 22.0 Å². The van der Waals surface area contributed by atoms with E-state index in [4.69, 9.17) is 0 Å². The van der Waals surface area contributed by atoms with Gasteiger partial charge in [-0.15, -0.1) is 0 Å². The molecule has 0 radical (unpaired) electrons.